The molecule has 1 atom stereocenters. The Labute approximate surface area is 84.7 Å². The van der Waals surface area contributed by atoms with Gasteiger partial charge in [-0.15, -0.1) is 0 Å². The average molecular weight is 280 g/mol. The van der Waals surface area contributed by atoms with Crippen molar-refractivity contribution >= 4 is 22.6 Å². The van der Waals surface area contributed by atoms with Crippen molar-refractivity contribution in [2.45, 2.75) is 19.4 Å². The molecule has 0 saturated heterocycles. The lowest BCUT2D eigenvalue weighted by molar-refractivity contribution is 0.169. The van der Waals surface area contributed by atoms with Gasteiger partial charge in [0.1, 0.15) is 5.82 Å². The highest BCUT2D eigenvalue weighted by Gasteiger charge is 2.09. The number of hydrogen-bond acceptors (Lipinski definition) is 1. The van der Waals surface area contributed by atoms with Gasteiger partial charge in [0.2, 0.25) is 0 Å². The second-order valence-electron chi connectivity index (χ2n) is 2.59. The molecular formula is C9H10FIO. The fourth-order valence-electron chi connectivity index (χ4n) is 0.992. The third-order valence-corrected chi connectivity index (χ3v) is 2.38. The van der Waals surface area contributed by atoms with Gasteiger partial charge in [-0.2, -0.15) is 0 Å². The third-order valence-electron chi connectivity index (χ3n) is 1.71. The normalized spacial score (nSPS) is 13.0. The van der Waals surface area contributed by atoms with Gasteiger partial charge < -0.3 is 5.11 Å². The molecule has 0 fully saturated rings. The fourth-order valence-corrected chi connectivity index (χ4v) is 1.44. The van der Waals surface area contributed by atoms with Crippen molar-refractivity contribution in [2.24, 2.45) is 0 Å². The van der Waals surface area contributed by atoms with Gasteiger partial charge in [0.15, 0.2) is 0 Å². The molecule has 0 bridgehead atoms. The Morgan fingerprint density at radius 1 is 1.58 bits per heavy atom. The van der Waals surface area contributed by atoms with Crippen LogP contribution in [0, 0.1) is 9.39 Å². The van der Waals surface area contributed by atoms with Crippen LogP contribution in [-0.4, -0.2) is 5.11 Å². The number of aliphatic hydroxyl groups excluding tert-OH is 1. The van der Waals surface area contributed by atoms with E-state index < -0.39 is 6.10 Å². The first-order valence-corrected chi connectivity index (χ1v) is 4.86. The maximum absolute atomic E-state index is 13.1. The largest absolute Gasteiger partial charge is 0.388 e. The van der Waals surface area contributed by atoms with Crippen LogP contribution >= 0.6 is 22.6 Å². The molecule has 12 heavy (non-hydrogen) atoms. The number of rotatable bonds is 2. The number of aliphatic hydroxyl groups is 1. The molecular weight excluding hydrogens is 270 g/mol. The van der Waals surface area contributed by atoms with Gasteiger partial charge in [0.05, 0.1) is 6.10 Å². The molecule has 0 spiro atoms. The lowest BCUT2D eigenvalue weighted by Crippen LogP contribution is -1.98. The molecule has 0 heterocycles. The second kappa shape index (κ2) is 4.18. The maximum atomic E-state index is 13.1. The topological polar surface area (TPSA) is 20.2 Å². The molecule has 1 nitrogen and oxygen atoms in total. The molecule has 1 aromatic carbocycles. The summed E-state index contributed by atoms with van der Waals surface area (Å²) in [7, 11) is 0. The minimum atomic E-state index is -0.679. The molecule has 0 aromatic heterocycles. The van der Waals surface area contributed by atoms with Gasteiger partial charge in [-0.1, -0.05) is 13.0 Å². The van der Waals surface area contributed by atoms with Crippen molar-refractivity contribution in [2.75, 3.05) is 0 Å². The van der Waals surface area contributed by atoms with Crippen LogP contribution in [0.5, 0.6) is 0 Å². The summed E-state index contributed by atoms with van der Waals surface area (Å²) in [6.07, 6.45) is -0.140. The van der Waals surface area contributed by atoms with E-state index in [1.165, 1.54) is 6.07 Å². The van der Waals surface area contributed by atoms with E-state index >= 15 is 0 Å². The van der Waals surface area contributed by atoms with Crippen LogP contribution in [0.3, 0.4) is 0 Å². The Morgan fingerprint density at radius 3 is 2.75 bits per heavy atom. The summed E-state index contributed by atoms with van der Waals surface area (Å²) in [5.41, 5.74) is 0.387. The Balaban J connectivity index is 3.01. The maximum Gasteiger partial charge on any atom is 0.130 e. The molecule has 0 saturated carbocycles. The van der Waals surface area contributed by atoms with Crippen LogP contribution in [0.4, 0.5) is 4.39 Å². The van der Waals surface area contributed by atoms with Crippen molar-refractivity contribution in [3.05, 3.63) is 33.1 Å². The SMILES string of the molecule is CCC(O)c1ccc(I)cc1F. The molecule has 1 aromatic rings. The zero-order valence-corrected chi connectivity index (χ0v) is 8.88. The van der Waals surface area contributed by atoms with Crippen molar-refractivity contribution in [3.8, 4) is 0 Å². The molecule has 0 radical (unpaired) electrons. The summed E-state index contributed by atoms with van der Waals surface area (Å²) in [5.74, 6) is -0.323. The Kier molecular flexibility index (Phi) is 3.46. The molecule has 0 aliphatic rings. The van der Waals surface area contributed by atoms with E-state index in [1.807, 2.05) is 29.5 Å². The van der Waals surface area contributed by atoms with Gasteiger partial charge in [0, 0.05) is 9.13 Å². The zero-order valence-electron chi connectivity index (χ0n) is 6.72. The Bertz CT molecular complexity index is 275. The predicted molar refractivity (Wildman–Crippen MR) is 54.4 cm³/mol. The lowest BCUT2D eigenvalue weighted by atomic mass is 10.1. The monoisotopic (exact) mass is 280 g/mol. The van der Waals surface area contributed by atoms with E-state index in [0.29, 0.717) is 12.0 Å². The Morgan fingerprint density at radius 2 is 2.25 bits per heavy atom. The summed E-state index contributed by atoms with van der Waals surface area (Å²) in [5, 5.41) is 9.36. The first-order valence-electron chi connectivity index (χ1n) is 3.78. The van der Waals surface area contributed by atoms with Crippen molar-refractivity contribution in [1.82, 2.24) is 0 Å². The van der Waals surface area contributed by atoms with Crippen LogP contribution in [0.15, 0.2) is 18.2 Å². The predicted octanol–water partition coefficient (Wildman–Crippen LogP) is 2.87. The highest BCUT2D eigenvalue weighted by atomic mass is 127. The summed E-state index contributed by atoms with van der Waals surface area (Å²) < 4.78 is 14.0. The highest BCUT2D eigenvalue weighted by molar-refractivity contribution is 14.1. The minimum Gasteiger partial charge on any atom is -0.388 e. The van der Waals surface area contributed by atoms with E-state index in [9.17, 15) is 9.50 Å². The molecule has 1 N–H and O–H groups in total. The molecule has 66 valence electrons. The van der Waals surface area contributed by atoms with Crippen LogP contribution < -0.4 is 0 Å². The quantitative estimate of drug-likeness (QED) is 0.826. The number of halogens is 2. The fraction of sp³-hybridized carbons (Fsp3) is 0.333. The highest BCUT2D eigenvalue weighted by Crippen LogP contribution is 2.21. The minimum absolute atomic E-state index is 0.323. The first-order chi connectivity index (χ1) is 5.65. The second-order valence-corrected chi connectivity index (χ2v) is 3.84. The van der Waals surface area contributed by atoms with E-state index in [4.69, 9.17) is 0 Å². The van der Waals surface area contributed by atoms with Gasteiger partial charge in [-0.3, -0.25) is 0 Å². The molecule has 3 heteroatoms. The lowest BCUT2D eigenvalue weighted by Gasteiger charge is -2.08. The zero-order chi connectivity index (χ0) is 9.14. The van der Waals surface area contributed by atoms with Crippen molar-refractivity contribution < 1.29 is 9.50 Å². The van der Waals surface area contributed by atoms with Crippen LogP contribution in [-0.2, 0) is 0 Å². The van der Waals surface area contributed by atoms with Crippen LogP contribution in [0.1, 0.15) is 25.0 Å². The number of benzene rings is 1. The molecule has 0 aliphatic heterocycles. The summed E-state index contributed by atoms with van der Waals surface area (Å²) in [6.45, 7) is 1.82. The van der Waals surface area contributed by atoms with E-state index in [-0.39, 0.29) is 5.82 Å². The van der Waals surface area contributed by atoms with Gasteiger partial charge in [0.25, 0.3) is 0 Å². The van der Waals surface area contributed by atoms with Crippen molar-refractivity contribution in [1.29, 1.82) is 0 Å². The Hall–Kier alpha value is -0.160. The summed E-state index contributed by atoms with van der Waals surface area (Å²) >= 11 is 2.04. The van der Waals surface area contributed by atoms with Crippen LogP contribution in [0.2, 0.25) is 0 Å². The molecule has 0 aliphatic carbocycles. The molecule has 1 rings (SSSR count). The van der Waals surface area contributed by atoms with E-state index in [1.54, 1.807) is 12.1 Å². The standard InChI is InChI=1S/C9H10FIO/c1-2-9(12)7-4-3-6(11)5-8(7)10/h3-5,9,12H,2H2,1H3. The third kappa shape index (κ3) is 2.17. The van der Waals surface area contributed by atoms with E-state index in [0.717, 1.165) is 3.57 Å². The first kappa shape index (κ1) is 9.92. The van der Waals surface area contributed by atoms with Crippen molar-refractivity contribution in [3.63, 3.8) is 0 Å². The molecule has 0 amide bonds. The number of hydrogen-bond donors (Lipinski definition) is 1. The van der Waals surface area contributed by atoms with Crippen LogP contribution in [0.25, 0.3) is 0 Å². The van der Waals surface area contributed by atoms with Gasteiger partial charge in [-0.25, -0.2) is 4.39 Å². The van der Waals surface area contributed by atoms with E-state index in [2.05, 4.69) is 0 Å². The average Bonchev–Trinajstić information content (AvgIpc) is 2.03. The molecule has 1 unspecified atom stereocenters. The van der Waals surface area contributed by atoms with Gasteiger partial charge >= 0.3 is 0 Å². The summed E-state index contributed by atoms with van der Waals surface area (Å²) in [6, 6.07) is 4.85. The van der Waals surface area contributed by atoms with Gasteiger partial charge in [-0.05, 0) is 41.1 Å². The summed E-state index contributed by atoms with van der Waals surface area (Å²) in [4.78, 5) is 0. The smallest absolute Gasteiger partial charge is 0.130 e.